The van der Waals surface area contributed by atoms with Crippen LogP contribution in [0.15, 0.2) is 18.2 Å². The van der Waals surface area contributed by atoms with Crippen molar-refractivity contribution < 1.29 is 0 Å². The van der Waals surface area contributed by atoms with Gasteiger partial charge in [-0.25, -0.2) is 0 Å². The molecule has 0 atom stereocenters. The molecule has 1 heteroatoms. The maximum Gasteiger partial charge on any atom is 0.0213 e. The minimum absolute atomic E-state index is 0.455. The number of hydrogen-bond acceptors (Lipinski definition) is 1. The zero-order valence-electron chi connectivity index (χ0n) is 10.8. The molecule has 0 unspecified atom stereocenters. The molecule has 1 aromatic rings. The topological polar surface area (TPSA) is 12.0 Å². The van der Waals surface area contributed by atoms with Crippen LogP contribution in [0.4, 0.5) is 0 Å². The van der Waals surface area contributed by atoms with E-state index in [0.29, 0.717) is 5.54 Å². The van der Waals surface area contributed by atoms with Crippen molar-refractivity contribution >= 4 is 0 Å². The molecule has 1 aliphatic rings. The van der Waals surface area contributed by atoms with Gasteiger partial charge in [-0.05, 0) is 50.7 Å². The number of rotatable bonds is 4. The van der Waals surface area contributed by atoms with Crippen molar-refractivity contribution in [2.24, 2.45) is 0 Å². The van der Waals surface area contributed by atoms with E-state index in [-0.39, 0.29) is 0 Å². The molecule has 1 nitrogen and oxygen atoms in total. The fraction of sp³-hybridized carbons (Fsp3) is 0.600. The Morgan fingerprint density at radius 2 is 2.00 bits per heavy atom. The Hall–Kier alpha value is -0.820. The van der Waals surface area contributed by atoms with Crippen molar-refractivity contribution in [2.45, 2.75) is 58.5 Å². The molecular weight excluding hydrogens is 194 g/mol. The summed E-state index contributed by atoms with van der Waals surface area (Å²) in [5, 5.41) is 3.77. The van der Waals surface area contributed by atoms with Crippen molar-refractivity contribution in [2.75, 3.05) is 0 Å². The van der Waals surface area contributed by atoms with E-state index in [9.17, 15) is 0 Å². The van der Waals surface area contributed by atoms with Crippen molar-refractivity contribution in [3.8, 4) is 0 Å². The third-order valence-electron chi connectivity index (χ3n) is 4.15. The lowest BCUT2D eigenvalue weighted by molar-refractivity contribution is 0.175. The summed E-state index contributed by atoms with van der Waals surface area (Å²) in [5.41, 5.74) is 4.68. The molecule has 1 saturated carbocycles. The summed E-state index contributed by atoms with van der Waals surface area (Å²) in [6.45, 7) is 7.70. The van der Waals surface area contributed by atoms with Crippen molar-refractivity contribution in [3.05, 3.63) is 34.9 Å². The Kier molecular flexibility index (Phi) is 3.34. The van der Waals surface area contributed by atoms with Crippen LogP contribution in [-0.4, -0.2) is 5.54 Å². The lowest BCUT2D eigenvalue weighted by atomic mass is 9.74. The third-order valence-corrected chi connectivity index (χ3v) is 4.15. The minimum atomic E-state index is 0.455. The molecule has 1 aromatic carbocycles. The molecular formula is C15H23N. The number of nitrogens with one attached hydrogen (secondary N) is 1. The molecule has 0 heterocycles. The van der Waals surface area contributed by atoms with Crippen molar-refractivity contribution in [1.29, 1.82) is 0 Å². The molecule has 2 rings (SSSR count). The Morgan fingerprint density at radius 1 is 1.25 bits per heavy atom. The number of aryl methyl sites for hydroxylation is 2. The molecule has 1 aliphatic carbocycles. The first kappa shape index (κ1) is 11.7. The van der Waals surface area contributed by atoms with Gasteiger partial charge in [-0.1, -0.05) is 30.7 Å². The fourth-order valence-corrected chi connectivity index (χ4v) is 2.53. The van der Waals surface area contributed by atoms with Gasteiger partial charge in [-0.2, -0.15) is 0 Å². The van der Waals surface area contributed by atoms with Crippen LogP contribution >= 0.6 is 0 Å². The lowest BCUT2D eigenvalue weighted by Crippen LogP contribution is -2.49. The second-order valence-electron chi connectivity index (χ2n) is 5.27. The van der Waals surface area contributed by atoms with Crippen LogP contribution in [0.1, 0.15) is 49.3 Å². The molecule has 0 aliphatic heterocycles. The second-order valence-corrected chi connectivity index (χ2v) is 5.27. The second kappa shape index (κ2) is 4.58. The van der Waals surface area contributed by atoms with E-state index >= 15 is 0 Å². The molecule has 88 valence electrons. The van der Waals surface area contributed by atoms with Gasteiger partial charge in [0.1, 0.15) is 0 Å². The van der Waals surface area contributed by atoms with Gasteiger partial charge in [0.05, 0.1) is 0 Å². The highest BCUT2D eigenvalue weighted by Crippen LogP contribution is 2.34. The molecule has 0 radical (unpaired) electrons. The summed E-state index contributed by atoms with van der Waals surface area (Å²) in [4.78, 5) is 0. The first-order valence-corrected chi connectivity index (χ1v) is 6.46. The van der Waals surface area contributed by atoms with Gasteiger partial charge in [0.25, 0.3) is 0 Å². The first-order valence-electron chi connectivity index (χ1n) is 6.46. The van der Waals surface area contributed by atoms with Gasteiger partial charge in [-0.3, -0.25) is 0 Å². The van der Waals surface area contributed by atoms with E-state index in [0.717, 1.165) is 6.54 Å². The lowest BCUT2D eigenvalue weighted by Gasteiger charge is -2.42. The molecule has 1 N–H and O–H groups in total. The smallest absolute Gasteiger partial charge is 0.0213 e. The van der Waals surface area contributed by atoms with E-state index < -0.39 is 0 Å². The summed E-state index contributed by atoms with van der Waals surface area (Å²) < 4.78 is 0. The Balaban J connectivity index is 2.01. The SMILES string of the molecule is CCC1(NCc2cc(C)ccc2C)CCC1. The fourth-order valence-electron chi connectivity index (χ4n) is 2.53. The molecule has 1 fully saturated rings. The molecule has 0 bridgehead atoms. The van der Waals surface area contributed by atoms with Crippen molar-refractivity contribution in [3.63, 3.8) is 0 Å². The van der Waals surface area contributed by atoms with Gasteiger partial charge in [0.15, 0.2) is 0 Å². The summed E-state index contributed by atoms with van der Waals surface area (Å²) in [6.07, 6.45) is 5.37. The largest absolute Gasteiger partial charge is 0.307 e. The summed E-state index contributed by atoms with van der Waals surface area (Å²) in [5.74, 6) is 0. The van der Waals surface area contributed by atoms with Gasteiger partial charge < -0.3 is 5.32 Å². The summed E-state index contributed by atoms with van der Waals surface area (Å²) in [6, 6.07) is 6.73. The highest BCUT2D eigenvalue weighted by molar-refractivity contribution is 5.30. The van der Waals surface area contributed by atoms with Crippen molar-refractivity contribution in [1.82, 2.24) is 5.32 Å². The van der Waals surface area contributed by atoms with E-state index in [1.807, 2.05) is 0 Å². The van der Waals surface area contributed by atoms with E-state index in [4.69, 9.17) is 0 Å². The van der Waals surface area contributed by atoms with E-state index in [1.165, 1.54) is 42.4 Å². The zero-order valence-corrected chi connectivity index (χ0v) is 10.8. The quantitative estimate of drug-likeness (QED) is 0.810. The Morgan fingerprint density at radius 3 is 2.56 bits per heavy atom. The Labute approximate surface area is 99.3 Å². The Bertz CT molecular complexity index is 358. The van der Waals surface area contributed by atoms with Gasteiger partial charge in [0, 0.05) is 12.1 Å². The van der Waals surface area contributed by atoms with Crippen LogP contribution in [0.3, 0.4) is 0 Å². The average molecular weight is 217 g/mol. The van der Waals surface area contributed by atoms with Crippen LogP contribution in [0.5, 0.6) is 0 Å². The first-order chi connectivity index (χ1) is 7.65. The highest BCUT2D eigenvalue weighted by Gasteiger charge is 2.34. The summed E-state index contributed by atoms with van der Waals surface area (Å²) >= 11 is 0. The monoisotopic (exact) mass is 217 g/mol. The van der Waals surface area contributed by atoms with Gasteiger partial charge in [0.2, 0.25) is 0 Å². The van der Waals surface area contributed by atoms with Crippen LogP contribution in [0.2, 0.25) is 0 Å². The van der Waals surface area contributed by atoms with Crippen LogP contribution < -0.4 is 5.32 Å². The van der Waals surface area contributed by atoms with Gasteiger partial charge >= 0.3 is 0 Å². The van der Waals surface area contributed by atoms with Crippen LogP contribution in [0, 0.1) is 13.8 Å². The minimum Gasteiger partial charge on any atom is -0.307 e. The zero-order chi connectivity index (χ0) is 11.6. The molecule has 0 spiro atoms. The predicted molar refractivity (Wildman–Crippen MR) is 69.6 cm³/mol. The molecule has 0 aromatic heterocycles. The molecule has 0 amide bonds. The average Bonchev–Trinajstić information content (AvgIpc) is 2.22. The maximum atomic E-state index is 3.77. The normalized spacial score (nSPS) is 18.2. The van der Waals surface area contributed by atoms with E-state index in [1.54, 1.807) is 0 Å². The van der Waals surface area contributed by atoms with E-state index in [2.05, 4.69) is 44.3 Å². The summed E-state index contributed by atoms with van der Waals surface area (Å²) in [7, 11) is 0. The van der Waals surface area contributed by atoms with Crippen LogP contribution in [-0.2, 0) is 6.54 Å². The standard InChI is InChI=1S/C15H23N/c1-4-15(8-5-9-15)16-11-14-10-12(2)6-7-13(14)3/h6-7,10,16H,4-5,8-9,11H2,1-3H3. The predicted octanol–water partition coefficient (Wildman–Crippen LogP) is 3.73. The van der Waals surface area contributed by atoms with Crippen LogP contribution in [0.25, 0.3) is 0 Å². The van der Waals surface area contributed by atoms with Gasteiger partial charge in [-0.15, -0.1) is 0 Å². The molecule has 16 heavy (non-hydrogen) atoms. The highest BCUT2D eigenvalue weighted by atomic mass is 15.0. The maximum absolute atomic E-state index is 3.77. The third kappa shape index (κ3) is 2.30. The molecule has 0 saturated heterocycles. The number of hydrogen-bond donors (Lipinski definition) is 1. The number of benzene rings is 1.